The molecule has 0 radical (unpaired) electrons. The number of amides is 2. The van der Waals surface area contributed by atoms with Gasteiger partial charge in [-0.15, -0.1) is 0 Å². The highest BCUT2D eigenvalue weighted by Gasteiger charge is 2.26. The Morgan fingerprint density at radius 3 is 2.07 bits per heavy atom. The highest BCUT2D eigenvalue weighted by molar-refractivity contribution is 5.88. The lowest BCUT2D eigenvalue weighted by Crippen LogP contribution is -2.50. The van der Waals surface area contributed by atoms with Crippen LogP contribution < -0.4 is 10.1 Å². The number of nitrogens with one attached hydrogen (secondary N) is 1. The van der Waals surface area contributed by atoms with E-state index in [1.165, 1.54) is 0 Å². The van der Waals surface area contributed by atoms with Crippen LogP contribution in [0.15, 0.2) is 42.5 Å². The van der Waals surface area contributed by atoms with E-state index in [9.17, 15) is 9.59 Å². The van der Waals surface area contributed by atoms with Gasteiger partial charge in [-0.25, -0.2) is 0 Å². The summed E-state index contributed by atoms with van der Waals surface area (Å²) < 4.78 is 5.76. The van der Waals surface area contributed by atoms with Crippen LogP contribution >= 0.6 is 0 Å². The Balaban J connectivity index is 2.16. The number of ether oxygens (including phenoxy) is 1. The van der Waals surface area contributed by atoms with Crippen LogP contribution in [0.2, 0.25) is 0 Å². The van der Waals surface area contributed by atoms with Gasteiger partial charge in [-0.1, -0.05) is 35.9 Å². The Labute approximate surface area is 174 Å². The lowest BCUT2D eigenvalue weighted by atomic mass is 10.1. The van der Waals surface area contributed by atoms with Crippen LogP contribution in [0.4, 0.5) is 0 Å². The fourth-order valence-corrected chi connectivity index (χ4v) is 3.12. The summed E-state index contributed by atoms with van der Waals surface area (Å²) in [4.78, 5) is 27.1. The van der Waals surface area contributed by atoms with E-state index in [2.05, 4.69) is 11.4 Å². The van der Waals surface area contributed by atoms with Crippen molar-refractivity contribution in [3.05, 3.63) is 64.7 Å². The summed E-state index contributed by atoms with van der Waals surface area (Å²) in [6.45, 7) is 11.8. The lowest BCUT2D eigenvalue weighted by Gasteiger charge is -2.29. The van der Waals surface area contributed by atoms with Gasteiger partial charge in [0.15, 0.2) is 6.61 Å². The molecule has 0 saturated carbocycles. The maximum atomic E-state index is 13.0. The van der Waals surface area contributed by atoms with Gasteiger partial charge in [0.1, 0.15) is 11.8 Å². The summed E-state index contributed by atoms with van der Waals surface area (Å²) in [5.74, 6) is 0.258. The van der Waals surface area contributed by atoms with E-state index in [1.807, 2.05) is 71.0 Å². The minimum atomic E-state index is -0.603. The molecule has 2 amide bonds. The molecule has 5 nitrogen and oxygen atoms in total. The van der Waals surface area contributed by atoms with Crippen molar-refractivity contribution in [3.8, 4) is 5.75 Å². The van der Waals surface area contributed by atoms with Crippen molar-refractivity contribution < 1.29 is 14.3 Å². The quantitative estimate of drug-likeness (QED) is 0.735. The van der Waals surface area contributed by atoms with Gasteiger partial charge in [-0.05, 0) is 70.4 Å². The second-order valence-corrected chi connectivity index (χ2v) is 7.96. The number of benzene rings is 2. The fraction of sp³-hybridized carbons (Fsp3) is 0.417. The van der Waals surface area contributed by atoms with Crippen molar-refractivity contribution in [3.63, 3.8) is 0 Å². The van der Waals surface area contributed by atoms with E-state index >= 15 is 0 Å². The first-order chi connectivity index (χ1) is 13.7. The molecule has 29 heavy (non-hydrogen) atoms. The van der Waals surface area contributed by atoms with Crippen LogP contribution in [-0.4, -0.2) is 35.4 Å². The summed E-state index contributed by atoms with van der Waals surface area (Å²) in [6.07, 6.45) is 0. The number of rotatable bonds is 8. The molecule has 0 aliphatic heterocycles. The minimum absolute atomic E-state index is 0.00722. The van der Waals surface area contributed by atoms with Crippen LogP contribution in [0, 0.1) is 20.8 Å². The summed E-state index contributed by atoms with van der Waals surface area (Å²) in [5.41, 5.74) is 4.28. The Kier molecular flexibility index (Phi) is 7.82. The summed E-state index contributed by atoms with van der Waals surface area (Å²) in [5, 5.41) is 2.89. The van der Waals surface area contributed by atoms with E-state index in [1.54, 1.807) is 11.8 Å². The molecule has 2 rings (SSSR count). The molecule has 5 heteroatoms. The normalized spacial score (nSPS) is 11.8. The van der Waals surface area contributed by atoms with Crippen molar-refractivity contribution >= 4 is 11.8 Å². The van der Waals surface area contributed by atoms with E-state index < -0.39 is 6.04 Å². The number of aryl methyl sites for hydroxylation is 3. The third-order valence-electron chi connectivity index (χ3n) is 4.63. The second kappa shape index (κ2) is 10.1. The summed E-state index contributed by atoms with van der Waals surface area (Å²) in [6, 6.07) is 13.2. The van der Waals surface area contributed by atoms with Crippen molar-refractivity contribution in [1.29, 1.82) is 0 Å². The van der Waals surface area contributed by atoms with Crippen LogP contribution in [0.25, 0.3) is 0 Å². The molecule has 156 valence electrons. The molecule has 2 aromatic rings. The number of hydrogen-bond donors (Lipinski definition) is 1. The van der Waals surface area contributed by atoms with Crippen molar-refractivity contribution in [2.75, 3.05) is 6.61 Å². The molecule has 0 aromatic heterocycles. The van der Waals surface area contributed by atoms with E-state index in [4.69, 9.17) is 4.74 Å². The molecular weight excluding hydrogens is 364 g/mol. The van der Waals surface area contributed by atoms with Gasteiger partial charge in [0.05, 0.1) is 0 Å². The Hall–Kier alpha value is -2.82. The first-order valence-electron chi connectivity index (χ1n) is 10.0. The highest BCUT2D eigenvalue weighted by Crippen LogP contribution is 2.17. The van der Waals surface area contributed by atoms with Crippen LogP contribution in [-0.2, 0) is 16.1 Å². The molecule has 2 aromatic carbocycles. The van der Waals surface area contributed by atoms with E-state index in [0.717, 1.165) is 22.3 Å². The van der Waals surface area contributed by atoms with Crippen LogP contribution in [0.1, 0.15) is 43.0 Å². The van der Waals surface area contributed by atoms with Crippen molar-refractivity contribution in [2.45, 2.75) is 60.2 Å². The van der Waals surface area contributed by atoms with Gasteiger partial charge in [0.25, 0.3) is 5.91 Å². The molecule has 1 atom stereocenters. The molecule has 0 fully saturated rings. The van der Waals surface area contributed by atoms with Crippen LogP contribution in [0.5, 0.6) is 5.75 Å². The first kappa shape index (κ1) is 22.5. The molecule has 0 aliphatic carbocycles. The third-order valence-corrected chi connectivity index (χ3v) is 4.63. The molecule has 0 spiro atoms. The predicted octanol–water partition coefficient (Wildman–Crippen LogP) is 3.93. The topological polar surface area (TPSA) is 58.6 Å². The van der Waals surface area contributed by atoms with Crippen molar-refractivity contribution in [1.82, 2.24) is 10.2 Å². The van der Waals surface area contributed by atoms with Gasteiger partial charge < -0.3 is 15.0 Å². The Bertz CT molecular complexity index is 823. The first-order valence-corrected chi connectivity index (χ1v) is 10.0. The lowest BCUT2D eigenvalue weighted by molar-refractivity contribution is -0.142. The zero-order chi connectivity index (χ0) is 21.6. The van der Waals surface area contributed by atoms with Gasteiger partial charge in [-0.2, -0.15) is 0 Å². The zero-order valence-electron chi connectivity index (χ0n) is 18.3. The summed E-state index contributed by atoms with van der Waals surface area (Å²) in [7, 11) is 0. The number of carbonyl (C=O) groups excluding carboxylic acids is 2. The molecule has 1 N–H and O–H groups in total. The molecule has 0 heterocycles. The standard InChI is InChI=1S/C24H32N2O3/c1-16(2)25-24(28)20(6)26(14-21-9-7-17(3)8-10-21)23(27)15-29-22-12-18(4)11-19(5)13-22/h7-13,16,20H,14-15H2,1-6H3,(H,25,28)/t20-/m0/s1. The summed E-state index contributed by atoms with van der Waals surface area (Å²) >= 11 is 0. The minimum Gasteiger partial charge on any atom is -0.484 e. The second-order valence-electron chi connectivity index (χ2n) is 7.96. The average Bonchev–Trinajstić information content (AvgIpc) is 2.63. The number of nitrogens with zero attached hydrogens (tertiary/aromatic N) is 1. The van der Waals surface area contributed by atoms with Crippen LogP contribution in [0.3, 0.4) is 0 Å². The smallest absolute Gasteiger partial charge is 0.261 e. The zero-order valence-corrected chi connectivity index (χ0v) is 18.3. The molecule has 0 aliphatic rings. The predicted molar refractivity (Wildman–Crippen MR) is 116 cm³/mol. The number of hydrogen-bond acceptors (Lipinski definition) is 3. The van der Waals surface area contributed by atoms with Gasteiger partial charge in [0.2, 0.25) is 5.91 Å². The maximum absolute atomic E-state index is 13.0. The Morgan fingerprint density at radius 1 is 0.931 bits per heavy atom. The van der Waals surface area contributed by atoms with Gasteiger partial charge in [0, 0.05) is 12.6 Å². The molecule has 0 saturated heterocycles. The molecular formula is C24H32N2O3. The highest BCUT2D eigenvalue weighted by atomic mass is 16.5. The van der Waals surface area contributed by atoms with Gasteiger partial charge in [-0.3, -0.25) is 9.59 Å². The fourth-order valence-electron chi connectivity index (χ4n) is 3.12. The average molecular weight is 397 g/mol. The number of carbonyl (C=O) groups is 2. The van der Waals surface area contributed by atoms with Gasteiger partial charge >= 0.3 is 0 Å². The molecule has 0 bridgehead atoms. The largest absolute Gasteiger partial charge is 0.484 e. The Morgan fingerprint density at radius 2 is 1.52 bits per heavy atom. The SMILES string of the molecule is Cc1ccc(CN(C(=O)COc2cc(C)cc(C)c2)[C@@H](C)C(=O)NC(C)C)cc1. The van der Waals surface area contributed by atoms with Crippen molar-refractivity contribution in [2.24, 2.45) is 0 Å². The third kappa shape index (κ3) is 6.93. The maximum Gasteiger partial charge on any atom is 0.261 e. The monoisotopic (exact) mass is 396 g/mol. The van der Waals surface area contributed by atoms with E-state index in [0.29, 0.717) is 12.3 Å². The molecule has 0 unspecified atom stereocenters. The van der Waals surface area contributed by atoms with E-state index in [-0.39, 0.29) is 24.5 Å².